The van der Waals surface area contributed by atoms with Crippen molar-refractivity contribution in [3.63, 3.8) is 0 Å². The van der Waals surface area contributed by atoms with Gasteiger partial charge in [-0.2, -0.15) is 0 Å². The molecule has 19 heavy (non-hydrogen) atoms. The Morgan fingerprint density at radius 2 is 2.11 bits per heavy atom. The molecule has 0 aliphatic rings. The maximum atomic E-state index is 5.89. The summed E-state index contributed by atoms with van der Waals surface area (Å²) in [5.74, 6) is 1.05. The molecule has 102 valence electrons. The lowest BCUT2D eigenvalue weighted by molar-refractivity contribution is 0.200. The minimum absolute atomic E-state index is 0.301. The Morgan fingerprint density at radius 3 is 2.79 bits per heavy atom. The van der Waals surface area contributed by atoms with Gasteiger partial charge >= 0.3 is 0 Å². The number of aryl methyl sites for hydroxylation is 1. The molecule has 1 aromatic carbocycles. The van der Waals surface area contributed by atoms with Gasteiger partial charge in [-0.25, -0.2) is 0 Å². The number of hydrogen-bond donors (Lipinski definition) is 1. The molecule has 5 nitrogen and oxygen atoms in total. The van der Waals surface area contributed by atoms with Crippen molar-refractivity contribution < 1.29 is 14.0 Å². The molecule has 0 atom stereocenters. The fourth-order valence-electron chi connectivity index (χ4n) is 2.01. The number of rotatable bonds is 5. The van der Waals surface area contributed by atoms with Crippen LogP contribution < -0.4 is 10.5 Å². The van der Waals surface area contributed by atoms with Crippen LogP contribution in [0.15, 0.2) is 22.7 Å². The third-order valence-electron chi connectivity index (χ3n) is 2.96. The summed E-state index contributed by atoms with van der Waals surface area (Å²) in [4.78, 5) is 0. The van der Waals surface area contributed by atoms with Crippen molar-refractivity contribution in [1.82, 2.24) is 5.16 Å². The van der Waals surface area contributed by atoms with E-state index in [9.17, 15) is 0 Å². The van der Waals surface area contributed by atoms with Gasteiger partial charge in [-0.1, -0.05) is 16.8 Å². The summed E-state index contributed by atoms with van der Waals surface area (Å²) in [5.41, 5.74) is 9.48. The molecule has 0 aliphatic carbocycles. The van der Waals surface area contributed by atoms with Gasteiger partial charge in [0.15, 0.2) is 0 Å². The highest BCUT2D eigenvalue weighted by molar-refractivity contribution is 5.80. The molecular formula is C14H18N2O3. The van der Waals surface area contributed by atoms with Gasteiger partial charge in [0.05, 0.1) is 25.0 Å². The second-order valence-electron chi connectivity index (χ2n) is 4.32. The van der Waals surface area contributed by atoms with Crippen LogP contribution in [0.3, 0.4) is 0 Å². The summed E-state index contributed by atoms with van der Waals surface area (Å²) in [6.07, 6.45) is 0.642. The summed E-state index contributed by atoms with van der Waals surface area (Å²) in [7, 11) is 3.28. The molecule has 0 amide bonds. The maximum absolute atomic E-state index is 5.89. The topological polar surface area (TPSA) is 70.5 Å². The Morgan fingerprint density at radius 1 is 1.32 bits per heavy atom. The van der Waals surface area contributed by atoms with E-state index in [-0.39, 0.29) is 0 Å². The van der Waals surface area contributed by atoms with Crippen LogP contribution in [-0.2, 0) is 11.2 Å². The Labute approximate surface area is 112 Å². The number of methoxy groups -OCH3 is 2. The first kappa shape index (κ1) is 13.4. The number of hydrogen-bond acceptors (Lipinski definition) is 5. The zero-order chi connectivity index (χ0) is 13.8. The van der Waals surface area contributed by atoms with Crippen LogP contribution in [0.2, 0.25) is 0 Å². The van der Waals surface area contributed by atoms with Gasteiger partial charge in [-0.3, -0.25) is 0 Å². The number of ether oxygens (including phenoxy) is 2. The number of nitrogens with zero attached hydrogens (tertiary/aromatic N) is 1. The monoisotopic (exact) mass is 262 g/mol. The highest BCUT2D eigenvalue weighted by atomic mass is 16.5. The molecule has 0 bridgehead atoms. The van der Waals surface area contributed by atoms with Crippen LogP contribution in [0, 0.1) is 6.92 Å². The summed E-state index contributed by atoms with van der Waals surface area (Å²) < 4.78 is 15.6. The number of benzene rings is 1. The highest BCUT2D eigenvalue weighted by Gasteiger charge is 2.19. The molecule has 2 N–H and O–H groups in total. The Bertz CT molecular complexity index is 564. The van der Waals surface area contributed by atoms with Crippen LogP contribution in [-0.4, -0.2) is 26.0 Å². The van der Waals surface area contributed by atoms with E-state index in [1.165, 1.54) is 0 Å². The normalized spacial score (nSPS) is 10.7. The van der Waals surface area contributed by atoms with E-state index in [0.29, 0.717) is 18.9 Å². The van der Waals surface area contributed by atoms with E-state index < -0.39 is 0 Å². The van der Waals surface area contributed by atoms with E-state index in [1.54, 1.807) is 14.2 Å². The molecule has 0 saturated carbocycles. The average Bonchev–Trinajstić information content (AvgIpc) is 2.77. The lowest BCUT2D eigenvalue weighted by Crippen LogP contribution is -1.99. The third kappa shape index (κ3) is 2.71. The summed E-state index contributed by atoms with van der Waals surface area (Å²) in [6, 6.07) is 5.91. The van der Waals surface area contributed by atoms with E-state index >= 15 is 0 Å². The summed E-state index contributed by atoms with van der Waals surface area (Å²) >= 11 is 0. The molecule has 2 aromatic rings. The van der Waals surface area contributed by atoms with E-state index in [4.69, 9.17) is 19.7 Å². The predicted molar refractivity (Wildman–Crippen MR) is 73.2 cm³/mol. The Balaban J connectivity index is 2.51. The maximum Gasteiger partial charge on any atom is 0.230 e. The number of nitrogen functional groups attached to an aromatic ring is 1. The zero-order valence-electron chi connectivity index (χ0n) is 11.4. The van der Waals surface area contributed by atoms with Gasteiger partial charge in [0.1, 0.15) is 5.75 Å². The van der Waals surface area contributed by atoms with E-state index in [1.807, 2.05) is 25.1 Å². The van der Waals surface area contributed by atoms with Crippen molar-refractivity contribution in [2.75, 3.05) is 26.6 Å². The fraction of sp³-hybridized carbons (Fsp3) is 0.357. The third-order valence-corrected chi connectivity index (χ3v) is 2.96. The number of nitrogens with two attached hydrogens (primary N) is 1. The predicted octanol–water partition coefficient (Wildman–Crippen LogP) is 2.43. The molecule has 0 radical (unpaired) electrons. The van der Waals surface area contributed by atoms with Gasteiger partial charge in [0.2, 0.25) is 5.88 Å². The van der Waals surface area contributed by atoms with Gasteiger partial charge in [-0.15, -0.1) is 0 Å². The summed E-state index contributed by atoms with van der Waals surface area (Å²) in [6.45, 7) is 2.58. The lowest BCUT2D eigenvalue weighted by atomic mass is 10.0. The van der Waals surface area contributed by atoms with Crippen molar-refractivity contribution in [3.8, 4) is 16.9 Å². The van der Waals surface area contributed by atoms with Gasteiger partial charge in [0.25, 0.3) is 0 Å². The quantitative estimate of drug-likeness (QED) is 0.896. The Kier molecular flexibility index (Phi) is 4.06. The molecule has 0 aliphatic heterocycles. The first-order chi connectivity index (χ1) is 9.17. The van der Waals surface area contributed by atoms with Crippen LogP contribution in [0.1, 0.15) is 11.3 Å². The number of aromatic nitrogens is 1. The number of anilines is 1. The largest absolute Gasteiger partial charge is 0.496 e. The van der Waals surface area contributed by atoms with E-state index in [0.717, 1.165) is 28.1 Å². The molecule has 1 aromatic heterocycles. The second-order valence-corrected chi connectivity index (χ2v) is 4.32. The van der Waals surface area contributed by atoms with Crippen LogP contribution in [0.4, 0.5) is 5.88 Å². The van der Waals surface area contributed by atoms with Gasteiger partial charge < -0.3 is 19.7 Å². The smallest absolute Gasteiger partial charge is 0.230 e. The first-order valence-electron chi connectivity index (χ1n) is 6.05. The van der Waals surface area contributed by atoms with E-state index in [2.05, 4.69) is 5.16 Å². The highest BCUT2D eigenvalue weighted by Crippen LogP contribution is 2.37. The zero-order valence-corrected chi connectivity index (χ0v) is 11.4. The van der Waals surface area contributed by atoms with Gasteiger partial charge in [0, 0.05) is 19.1 Å². The van der Waals surface area contributed by atoms with Gasteiger partial charge in [-0.05, 0) is 19.1 Å². The summed E-state index contributed by atoms with van der Waals surface area (Å²) in [5, 5.41) is 4.00. The average molecular weight is 262 g/mol. The minimum Gasteiger partial charge on any atom is -0.496 e. The van der Waals surface area contributed by atoms with Crippen molar-refractivity contribution >= 4 is 5.88 Å². The fourth-order valence-corrected chi connectivity index (χ4v) is 2.01. The molecular weight excluding hydrogens is 244 g/mol. The second kappa shape index (κ2) is 5.75. The van der Waals surface area contributed by atoms with Crippen LogP contribution in [0.25, 0.3) is 11.1 Å². The molecule has 0 fully saturated rings. The van der Waals surface area contributed by atoms with Crippen molar-refractivity contribution in [1.29, 1.82) is 0 Å². The van der Waals surface area contributed by atoms with Crippen molar-refractivity contribution in [3.05, 3.63) is 29.5 Å². The van der Waals surface area contributed by atoms with Crippen molar-refractivity contribution in [2.24, 2.45) is 0 Å². The molecule has 0 saturated heterocycles. The standard InChI is InChI=1S/C14H18N2O3/c1-9-4-5-12(18-3)10(8-9)13-11(6-7-17-2)16-19-14(13)15/h4-5,8H,6-7,15H2,1-3H3. The minimum atomic E-state index is 0.301. The SMILES string of the molecule is COCCc1noc(N)c1-c1cc(C)ccc1OC. The molecule has 1 heterocycles. The Hall–Kier alpha value is -2.01. The molecule has 5 heteroatoms. The van der Waals surface area contributed by atoms with Crippen LogP contribution >= 0.6 is 0 Å². The lowest BCUT2D eigenvalue weighted by Gasteiger charge is -2.09. The molecule has 0 spiro atoms. The molecule has 2 rings (SSSR count). The van der Waals surface area contributed by atoms with Crippen LogP contribution in [0.5, 0.6) is 5.75 Å². The van der Waals surface area contributed by atoms with Crippen molar-refractivity contribution in [2.45, 2.75) is 13.3 Å². The molecule has 0 unspecified atom stereocenters. The first-order valence-corrected chi connectivity index (χ1v) is 6.05.